The van der Waals surface area contributed by atoms with Crippen LogP contribution in [0.2, 0.25) is 18.1 Å². The van der Waals surface area contributed by atoms with Crippen molar-refractivity contribution in [2.45, 2.75) is 91.0 Å². The van der Waals surface area contributed by atoms with Gasteiger partial charge in [0.1, 0.15) is 6.29 Å². The quantitative estimate of drug-likeness (QED) is 0.528. The Kier molecular flexibility index (Phi) is 4.98. The molecule has 0 saturated heterocycles. The third-order valence-corrected chi connectivity index (χ3v) is 10.00. The summed E-state index contributed by atoms with van der Waals surface area (Å²) in [6.07, 6.45) is 5.05. The van der Waals surface area contributed by atoms with E-state index < -0.39 is 8.32 Å². The van der Waals surface area contributed by atoms with Crippen LogP contribution in [-0.2, 0) is 9.22 Å². The topological polar surface area (TPSA) is 26.3 Å². The summed E-state index contributed by atoms with van der Waals surface area (Å²) in [6.45, 7) is 18.3. The van der Waals surface area contributed by atoms with Gasteiger partial charge in [-0.05, 0) is 42.3 Å². The third kappa shape index (κ3) is 3.54. The summed E-state index contributed by atoms with van der Waals surface area (Å²) < 4.78 is 6.84. The van der Waals surface area contributed by atoms with Gasteiger partial charge in [-0.1, -0.05) is 48.0 Å². The summed E-state index contributed by atoms with van der Waals surface area (Å²) in [7, 11) is -1.86. The maximum absolute atomic E-state index is 11.3. The van der Waals surface area contributed by atoms with Gasteiger partial charge in [-0.15, -0.1) is 0 Å². The number of hydrogen-bond acceptors (Lipinski definition) is 2. The zero-order valence-electron chi connectivity index (χ0n) is 14.8. The number of carbonyl (C=O) groups is 1. The zero-order chi connectivity index (χ0) is 15.8. The number of hydrogen-bond donors (Lipinski definition) is 0. The normalized spacial score (nSPS) is 28.7. The molecule has 0 aliphatic heterocycles. The average molecular weight is 299 g/mol. The van der Waals surface area contributed by atoms with Crippen molar-refractivity contribution in [1.29, 1.82) is 0 Å². The first-order valence-electron chi connectivity index (χ1n) is 7.99. The molecule has 118 valence electrons. The fourth-order valence-electron chi connectivity index (χ4n) is 3.48. The second-order valence-electron chi connectivity index (χ2n) is 9.11. The van der Waals surface area contributed by atoms with E-state index in [1.54, 1.807) is 0 Å². The molecule has 1 aliphatic rings. The first-order chi connectivity index (χ1) is 8.86. The summed E-state index contributed by atoms with van der Waals surface area (Å²) in [6, 6.07) is 0. The summed E-state index contributed by atoms with van der Waals surface area (Å²) in [4.78, 5) is 11.3. The van der Waals surface area contributed by atoms with Crippen LogP contribution in [0.5, 0.6) is 0 Å². The van der Waals surface area contributed by atoms with E-state index in [1.807, 2.05) is 0 Å². The van der Waals surface area contributed by atoms with Crippen LogP contribution in [0.3, 0.4) is 0 Å². The first kappa shape index (κ1) is 17.9. The predicted octanol–water partition coefficient (Wildman–Crippen LogP) is 5.18. The van der Waals surface area contributed by atoms with E-state index >= 15 is 0 Å². The molecule has 1 rings (SSSR count). The lowest BCUT2D eigenvalue weighted by Crippen LogP contribution is -2.53. The molecule has 2 unspecified atom stereocenters. The third-order valence-electron chi connectivity index (χ3n) is 5.47. The number of rotatable bonds is 4. The Hall–Kier alpha value is -0.153. The van der Waals surface area contributed by atoms with Gasteiger partial charge >= 0.3 is 0 Å². The Morgan fingerprint density at radius 1 is 1.20 bits per heavy atom. The van der Waals surface area contributed by atoms with Crippen LogP contribution in [-0.4, -0.2) is 20.2 Å². The van der Waals surface area contributed by atoms with Gasteiger partial charge in [0.15, 0.2) is 8.32 Å². The molecule has 1 fully saturated rings. The van der Waals surface area contributed by atoms with Crippen LogP contribution in [0.4, 0.5) is 0 Å². The summed E-state index contributed by atoms with van der Waals surface area (Å²) in [5.41, 5.74) is -0.0229. The molecule has 0 amide bonds. The molecule has 3 heteroatoms. The van der Waals surface area contributed by atoms with Crippen molar-refractivity contribution >= 4 is 14.6 Å². The van der Waals surface area contributed by atoms with E-state index in [4.69, 9.17) is 4.43 Å². The van der Waals surface area contributed by atoms with Gasteiger partial charge in [0.05, 0.1) is 5.60 Å². The van der Waals surface area contributed by atoms with E-state index in [0.29, 0.717) is 12.3 Å². The van der Waals surface area contributed by atoms with Crippen LogP contribution >= 0.6 is 0 Å². The average Bonchev–Trinajstić information content (AvgIpc) is 2.58. The Labute approximate surface area is 126 Å². The molecule has 2 nitrogen and oxygen atoms in total. The maximum atomic E-state index is 11.3. The van der Waals surface area contributed by atoms with Gasteiger partial charge in [0.25, 0.3) is 0 Å². The van der Waals surface area contributed by atoms with E-state index in [0.717, 1.165) is 12.7 Å². The second kappa shape index (κ2) is 5.56. The minimum atomic E-state index is -1.86. The molecular formula is C17H34O2Si. The molecule has 0 aromatic heterocycles. The molecule has 0 radical (unpaired) electrons. The smallest absolute Gasteiger partial charge is 0.192 e. The highest BCUT2D eigenvalue weighted by Crippen LogP contribution is 2.53. The highest BCUT2D eigenvalue weighted by Gasteiger charge is 2.53. The zero-order valence-corrected chi connectivity index (χ0v) is 15.8. The molecule has 2 atom stereocenters. The molecule has 0 aromatic carbocycles. The van der Waals surface area contributed by atoms with Crippen LogP contribution in [0, 0.1) is 11.3 Å². The van der Waals surface area contributed by atoms with E-state index in [-0.39, 0.29) is 16.1 Å². The summed E-state index contributed by atoms with van der Waals surface area (Å²) in [5, 5.41) is 0.188. The highest BCUT2D eigenvalue weighted by molar-refractivity contribution is 6.74. The first-order valence-corrected chi connectivity index (χ1v) is 10.9. The Morgan fingerprint density at radius 3 is 2.15 bits per heavy atom. The Morgan fingerprint density at radius 2 is 1.75 bits per heavy atom. The highest BCUT2D eigenvalue weighted by atomic mass is 28.4. The van der Waals surface area contributed by atoms with Gasteiger partial charge in [-0.25, -0.2) is 0 Å². The van der Waals surface area contributed by atoms with E-state index in [9.17, 15) is 4.79 Å². The Balaban J connectivity index is 3.13. The molecule has 20 heavy (non-hydrogen) atoms. The minimum absolute atomic E-state index is 0.188. The molecular weight excluding hydrogens is 264 g/mol. The lowest BCUT2D eigenvalue weighted by Gasteiger charge is -2.49. The van der Waals surface area contributed by atoms with Gasteiger partial charge in [-0.3, -0.25) is 0 Å². The van der Waals surface area contributed by atoms with Crippen molar-refractivity contribution in [3.05, 3.63) is 0 Å². The summed E-state index contributed by atoms with van der Waals surface area (Å²) in [5.74, 6) is 0.481. The molecule has 0 bridgehead atoms. The van der Waals surface area contributed by atoms with Crippen LogP contribution in [0.25, 0.3) is 0 Å². The van der Waals surface area contributed by atoms with Crippen LogP contribution < -0.4 is 0 Å². The van der Waals surface area contributed by atoms with Crippen molar-refractivity contribution in [3.8, 4) is 0 Å². The summed E-state index contributed by atoms with van der Waals surface area (Å²) >= 11 is 0. The maximum Gasteiger partial charge on any atom is 0.192 e. The van der Waals surface area contributed by atoms with E-state index in [1.165, 1.54) is 12.8 Å². The van der Waals surface area contributed by atoms with Gasteiger partial charge in [0, 0.05) is 6.42 Å². The predicted molar refractivity (Wildman–Crippen MR) is 88.5 cm³/mol. The van der Waals surface area contributed by atoms with Crippen molar-refractivity contribution in [3.63, 3.8) is 0 Å². The molecule has 0 spiro atoms. The molecule has 1 saturated carbocycles. The van der Waals surface area contributed by atoms with Gasteiger partial charge in [-0.2, -0.15) is 0 Å². The number of carbonyl (C=O) groups excluding carboxylic acids is 1. The standard InChI is InChI=1S/C17H34O2Si/c1-15(2,3)14-10-9-11-17(14,12-13-18)19-20(7,8)16(4,5)6/h13-14H,9-12H2,1-8H3. The fourth-order valence-corrected chi connectivity index (χ4v) is 5.13. The van der Waals surface area contributed by atoms with Gasteiger partial charge < -0.3 is 9.22 Å². The van der Waals surface area contributed by atoms with Crippen molar-refractivity contribution in [1.82, 2.24) is 0 Å². The largest absolute Gasteiger partial charge is 0.411 e. The van der Waals surface area contributed by atoms with E-state index in [2.05, 4.69) is 54.6 Å². The van der Waals surface area contributed by atoms with Crippen LogP contribution in [0.15, 0.2) is 0 Å². The number of aldehydes is 1. The van der Waals surface area contributed by atoms with Crippen molar-refractivity contribution in [2.24, 2.45) is 11.3 Å². The minimum Gasteiger partial charge on any atom is -0.411 e. The SMILES string of the molecule is CC(C)(C)C1CCCC1(CC=O)O[Si](C)(C)C(C)(C)C. The lowest BCUT2D eigenvalue weighted by atomic mass is 9.71. The fraction of sp³-hybridized carbons (Fsp3) is 0.941. The Bertz CT molecular complexity index is 349. The van der Waals surface area contributed by atoms with Crippen molar-refractivity contribution < 1.29 is 9.22 Å². The van der Waals surface area contributed by atoms with Gasteiger partial charge in [0.2, 0.25) is 0 Å². The van der Waals surface area contributed by atoms with Crippen LogP contribution in [0.1, 0.15) is 67.2 Å². The lowest BCUT2D eigenvalue weighted by molar-refractivity contribution is -0.115. The monoisotopic (exact) mass is 298 g/mol. The van der Waals surface area contributed by atoms with Crippen molar-refractivity contribution in [2.75, 3.05) is 0 Å². The molecule has 0 heterocycles. The second-order valence-corrected chi connectivity index (χ2v) is 13.8. The molecule has 0 N–H and O–H groups in total. The molecule has 1 aliphatic carbocycles. The molecule has 0 aromatic rings.